The predicted octanol–water partition coefficient (Wildman–Crippen LogP) is 2.31. The third-order valence-electron chi connectivity index (χ3n) is 4.31. The van der Waals surface area contributed by atoms with Gasteiger partial charge in [-0.3, -0.25) is 0 Å². The Morgan fingerprint density at radius 1 is 1.44 bits per heavy atom. The van der Waals surface area contributed by atoms with Crippen molar-refractivity contribution < 1.29 is 22.1 Å². The Labute approximate surface area is 145 Å². The van der Waals surface area contributed by atoms with E-state index < -0.39 is 15.8 Å². The Bertz CT molecular complexity index is 853. The molecule has 0 bridgehead atoms. The van der Waals surface area contributed by atoms with Crippen LogP contribution in [0.1, 0.15) is 31.0 Å². The van der Waals surface area contributed by atoms with Gasteiger partial charge in [-0.15, -0.1) is 0 Å². The minimum absolute atomic E-state index is 0.140. The van der Waals surface area contributed by atoms with Gasteiger partial charge in [0, 0.05) is 25.9 Å². The molecule has 0 amide bonds. The number of hydrogen-bond acceptors (Lipinski definition) is 6. The van der Waals surface area contributed by atoms with Gasteiger partial charge in [0.15, 0.2) is 5.82 Å². The maximum atomic E-state index is 13.6. The number of ether oxygens (including phenoxy) is 1. The summed E-state index contributed by atoms with van der Waals surface area (Å²) in [4.78, 5) is 4.00. The molecular weight excluding hydrogens is 349 g/mol. The van der Waals surface area contributed by atoms with Gasteiger partial charge in [0.25, 0.3) is 0 Å². The minimum atomic E-state index is -3.85. The number of hydrogen-bond donors (Lipinski definition) is 0. The summed E-state index contributed by atoms with van der Waals surface area (Å²) in [6.07, 6.45) is 2.60. The van der Waals surface area contributed by atoms with Crippen LogP contribution in [0.5, 0.6) is 5.75 Å². The topological polar surface area (TPSA) is 85.5 Å². The van der Waals surface area contributed by atoms with Crippen LogP contribution in [0.4, 0.5) is 4.39 Å². The van der Waals surface area contributed by atoms with E-state index in [-0.39, 0.29) is 16.7 Å². The van der Waals surface area contributed by atoms with E-state index in [2.05, 4.69) is 10.1 Å². The summed E-state index contributed by atoms with van der Waals surface area (Å²) in [6.45, 7) is 2.11. The Hall–Kier alpha value is -2.00. The molecule has 3 rings (SSSR count). The van der Waals surface area contributed by atoms with Gasteiger partial charge >= 0.3 is 0 Å². The molecule has 1 aliphatic rings. The Kier molecular flexibility index (Phi) is 5.05. The normalized spacial score (nSPS) is 18.6. The summed E-state index contributed by atoms with van der Waals surface area (Å²) < 4.78 is 51.1. The largest absolute Gasteiger partial charge is 0.495 e. The van der Waals surface area contributed by atoms with Gasteiger partial charge in [-0.1, -0.05) is 5.16 Å². The summed E-state index contributed by atoms with van der Waals surface area (Å²) in [5.41, 5.74) is 0. The molecule has 0 N–H and O–H groups in total. The molecule has 9 heteroatoms. The maximum absolute atomic E-state index is 13.6. The molecule has 1 unspecified atom stereocenters. The van der Waals surface area contributed by atoms with Crippen LogP contribution >= 0.6 is 0 Å². The number of sulfonamides is 1. The monoisotopic (exact) mass is 369 g/mol. The highest BCUT2D eigenvalue weighted by molar-refractivity contribution is 7.89. The Balaban J connectivity index is 1.82. The highest BCUT2D eigenvalue weighted by Crippen LogP contribution is 2.33. The number of nitrogens with zero attached hydrogens (tertiary/aromatic N) is 3. The van der Waals surface area contributed by atoms with Crippen molar-refractivity contribution in [1.29, 1.82) is 0 Å². The van der Waals surface area contributed by atoms with Crippen molar-refractivity contribution >= 4 is 10.0 Å². The molecule has 25 heavy (non-hydrogen) atoms. The van der Waals surface area contributed by atoms with Crippen LogP contribution in [0.25, 0.3) is 0 Å². The standard InChI is InChI=1S/C16H20FN3O4S/c1-11-18-16(19-24-11)8-6-13-4-3-9-20(13)25(21,22)15-10-12(17)5-7-14(15)23-2/h5,7,10,13H,3-4,6,8-9H2,1-2H3. The fourth-order valence-electron chi connectivity index (χ4n) is 3.13. The van der Waals surface area contributed by atoms with Crippen molar-refractivity contribution in [3.63, 3.8) is 0 Å². The SMILES string of the molecule is COc1ccc(F)cc1S(=O)(=O)N1CCCC1CCc1noc(C)n1. The van der Waals surface area contributed by atoms with Crippen LogP contribution in [0.3, 0.4) is 0 Å². The Morgan fingerprint density at radius 2 is 2.24 bits per heavy atom. The van der Waals surface area contributed by atoms with Crippen LogP contribution in [0.2, 0.25) is 0 Å². The zero-order chi connectivity index (χ0) is 18.0. The minimum Gasteiger partial charge on any atom is -0.495 e. The zero-order valence-corrected chi connectivity index (χ0v) is 14.9. The lowest BCUT2D eigenvalue weighted by atomic mass is 10.1. The van der Waals surface area contributed by atoms with E-state index >= 15 is 0 Å². The van der Waals surface area contributed by atoms with Gasteiger partial charge in [-0.2, -0.15) is 9.29 Å². The molecule has 0 radical (unpaired) electrons. The Morgan fingerprint density at radius 3 is 2.92 bits per heavy atom. The average Bonchev–Trinajstić information content (AvgIpc) is 3.22. The molecule has 136 valence electrons. The number of rotatable bonds is 6. The van der Waals surface area contributed by atoms with Crippen LogP contribution in [-0.2, 0) is 16.4 Å². The lowest BCUT2D eigenvalue weighted by molar-refractivity contribution is 0.356. The van der Waals surface area contributed by atoms with Gasteiger partial charge in [-0.25, -0.2) is 12.8 Å². The summed E-state index contributed by atoms with van der Waals surface area (Å²) in [5.74, 6) is 0.568. The number of aryl methyl sites for hydroxylation is 2. The second-order valence-electron chi connectivity index (χ2n) is 5.98. The van der Waals surface area contributed by atoms with Crippen LogP contribution in [0.15, 0.2) is 27.6 Å². The molecule has 0 aliphatic carbocycles. The summed E-state index contributed by atoms with van der Waals surface area (Å²) >= 11 is 0. The molecule has 2 heterocycles. The van der Waals surface area contributed by atoms with E-state index in [0.717, 1.165) is 18.9 Å². The molecular formula is C16H20FN3O4S. The summed E-state index contributed by atoms with van der Waals surface area (Å²) in [6, 6.07) is 3.33. The first-order valence-corrected chi connectivity index (χ1v) is 9.50. The molecule has 1 saturated heterocycles. The van der Waals surface area contributed by atoms with Gasteiger partial charge in [0.1, 0.15) is 16.5 Å². The summed E-state index contributed by atoms with van der Waals surface area (Å²) in [7, 11) is -2.48. The average molecular weight is 369 g/mol. The first-order chi connectivity index (χ1) is 11.9. The third-order valence-corrected chi connectivity index (χ3v) is 6.28. The van der Waals surface area contributed by atoms with Crippen molar-refractivity contribution in [1.82, 2.24) is 14.4 Å². The molecule has 0 spiro atoms. The van der Waals surface area contributed by atoms with E-state index in [9.17, 15) is 12.8 Å². The molecule has 1 fully saturated rings. The fraction of sp³-hybridized carbons (Fsp3) is 0.500. The smallest absolute Gasteiger partial charge is 0.247 e. The number of halogens is 1. The highest BCUT2D eigenvalue weighted by Gasteiger charge is 2.37. The molecule has 1 aromatic carbocycles. The van der Waals surface area contributed by atoms with Gasteiger partial charge in [0.05, 0.1) is 7.11 Å². The molecule has 2 aromatic rings. The quantitative estimate of drug-likeness (QED) is 0.777. The van der Waals surface area contributed by atoms with Gasteiger partial charge in [0.2, 0.25) is 15.9 Å². The van der Waals surface area contributed by atoms with E-state index in [0.29, 0.717) is 31.1 Å². The molecule has 1 atom stereocenters. The van der Waals surface area contributed by atoms with E-state index in [1.165, 1.54) is 23.5 Å². The van der Waals surface area contributed by atoms with Crippen molar-refractivity contribution in [2.24, 2.45) is 0 Å². The first-order valence-electron chi connectivity index (χ1n) is 8.06. The second kappa shape index (κ2) is 7.09. The maximum Gasteiger partial charge on any atom is 0.247 e. The van der Waals surface area contributed by atoms with Crippen molar-refractivity contribution in [3.8, 4) is 5.75 Å². The predicted molar refractivity (Wildman–Crippen MR) is 87.2 cm³/mol. The zero-order valence-electron chi connectivity index (χ0n) is 14.1. The number of benzene rings is 1. The molecule has 1 aromatic heterocycles. The number of methoxy groups -OCH3 is 1. The fourth-order valence-corrected chi connectivity index (χ4v) is 5.02. The van der Waals surface area contributed by atoms with Crippen LogP contribution in [-0.4, -0.2) is 42.6 Å². The lowest BCUT2D eigenvalue weighted by Gasteiger charge is -2.24. The molecule has 0 saturated carbocycles. The van der Waals surface area contributed by atoms with Crippen molar-refractivity contribution in [2.45, 2.75) is 43.5 Å². The van der Waals surface area contributed by atoms with E-state index in [4.69, 9.17) is 9.26 Å². The third kappa shape index (κ3) is 3.67. The lowest BCUT2D eigenvalue weighted by Crippen LogP contribution is -2.36. The van der Waals surface area contributed by atoms with Gasteiger partial charge in [-0.05, 0) is 37.5 Å². The van der Waals surface area contributed by atoms with E-state index in [1.54, 1.807) is 6.92 Å². The van der Waals surface area contributed by atoms with Crippen LogP contribution in [0, 0.1) is 12.7 Å². The molecule has 1 aliphatic heterocycles. The number of aromatic nitrogens is 2. The first kappa shape index (κ1) is 17.8. The second-order valence-corrected chi connectivity index (χ2v) is 7.83. The van der Waals surface area contributed by atoms with Gasteiger partial charge < -0.3 is 9.26 Å². The van der Waals surface area contributed by atoms with Crippen LogP contribution < -0.4 is 4.74 Å². The van der Waals surface area contributed by atoms with Crippen molar-refractivity contribution in [2.75, 3.05) is 13.7 Å². The van der Waals surface area contributed by atoms with Crippen molar-refractivity contribution in [3.05, 3.63) is 35.7 Å². The highest BCUT2D eigenvalue weighted by atomic mass is 32.2. The van der Waals surface area contributed by atoms with E-state index in [1.807, 2.05) is 0 Å². The summed E-state index contributed by atoms with van der Waals surface area (Å²) in [5, 5.41) is 3.84. The molecule has 7 nitrogen and oxygen atoms in total.